The number of carboxylic acid groups (broad SMARTS) is 1. The number of halogens is 3. The third-order valence-electron chi connectivity index (χ3n) is 6.00. The molecule has 9 heteroatoms. The largest absolute Gasteiger partial charge is 0.490 e. The molecule has 2 aliphatic heterocycles. The van der Waals surface area contributed by atoms with E-state index in [9.17, 15) is 18.0 Å². The highest BCUT2D eigenvalue weighted by Crippen LogP contribution is 2.30. The summed E-state index contributed by atoms with van der Waals surface area (Å²) < 4.78 is 34.1. The summed E-state index contributed by atoms with van der Waals surface area (Å²) in [6, 6.07) is 6.24. The molecule has 0 bridgehead atoms. The first-order chi connectivity index (χ1) is 15.1. The number of rotatable bonds is 3. The lowest BCUT2D eigenvalue weighted by atomic mass is 9.98. The Balaban J connectivity index is 0.000000360. The van der Waals surface area contributed by atoms with E-state index in [1.165, 1.54) is 22.2 Å². The molecular weight excluding hydrogens is 423 g/mol. The Morgan fingerprint density at radius 1 is 1.28 bits per heavy atom. The Kier molecular flexibility index (Phi) is 7.28. The number of carbonyl (C=O) groups excluding carboxylic acids is 1. The third kappa shape index (κ3) is 5.15. The van der Waals surface area contributed by atoms with Gasteiger partial charge in [-0.1, -0.05) is 13.0 Å². The van der Waals surface area contributed by atoms with Gasteiger partial charge in [-0.05, 0) is 42.5 Å². The van der Waals surface area contributed by atoms with Crippen molar-refractivity contribution in [3.63, 3.8) is 0 Å². The summed E-state index contributed by atoms with van der Waals surface area (Å²) in [6.07, 6.45) is 0.132. The molecule has 0 radical (unpaired) electrons. The van der Waals surface area contributed by atoms with Gasteiger partial charge in [-0.15, -0.1) is 6.58 Å². The molecule has 1 fully saturated rings. The second-order valence-electron chi connectivity index (χ2n) is 8.26. The highest BCUT2D eigenvalue weighted by atomic mass is 19.4. The molecule has 174 valence electrons. The smallest absolute Gasteiger partial charge is 0.475 e. The first kappa shape index (κ1) is 23.8. The number of aromatic nitrogens is 1. The molecule has 32 heavy (non-hydrogen) atoms. The number of nitrogens with one attached hydrogen (secondary N) is 1. The highest BCUT2D eigenvalue weighted by Gasteiger charge is 2.38. The number of carbonyl (C=O) groups is 2. The summed E-state index contributed by atoms with van der Waals surface area (Å²) in [6.45, 7) is 10.7. The summed E-state index contributed by atoms with van der Waals surface area (Å²) in [7, 11) is 0. The number of carboxylic acids is 1. The quantitative estimate of drug-likeness (QED) is 0.693. The minimum absolute atomic E-state index is 0.183. The number of allylic oxidation sites excluding steroid dienone is 1. The molecule has 0 spiro atoms. The average molecular weight is 451 g/mol. The van der Waals surface area contributed by atoms with Crippen LogP contribution in [0.2, 0.25) is 0 Å². The molecule has 1 saturated heterocycles. The number of likely N-dealkylation sites (tertiary alicyclic amines) is 1. The summed E-state index contributed by atoms with van der Waals surface area (Å²) in [4.78, 5) is 23.9. The van der Waals surface area contributed by atoms with Gasteiger partial charge < -0.3 is 19.9 Å². The normalized spacial score (nSPS) is 16.8. The second kappa shape index (κ2) is 9.77. The van der Waals surface area contributed by atoms with E-state index in [1.54, 1.807) is 0 Å². The monoisotopic (exact) mass is 451 g/mol. The van der Waals surface area contributed by atoms with Gasteiger partial charge in [0, 0.05) is 61.3 Å². The lowest BCUT2D eigenvalue weighted by Gasteiger charge is -2.30. The van der Waals surface area contributed by atoms with Gasteiger partial charge >= 0.3 is 12.1 Å². The van der Waals surface area contributed by atoms with E-state index in [1.807, 2.05) is 17.0 Å². The molecule has 0 atom stereocenters. The van der Waals surface area contributed by atoms with E-state index in [0.717, 1.165) is 63.5 Å². The van der Waals surface area contributed by atoms with Crippen molar-refractivity contribution < 1.29 is 27.9 Å². The van der Waals surface area contributed by atoms with Crippen LogP contribution < -0.4 is 5.32 Å². The molecule has 2 aliphatic rings. The van der Waals surface area contributed by atoms with E-state index in [4.69, 9.17) is 9.90 Å². The highest BCUT2D eigenvalue weighted by molar-refractivity contribution is 5.99. The van der Waals surface area contributed by atoms with Gasteiger partial charge in [0.1, 0.15) is 0 Å². The fraction of sp³-hybridized carbons (Fsp3) is 0.478. The number of hydrogen-bond acceptors (Lipinski definition) is 3. The van der Waals surface area contributed by atoms with Crippen molar-refractivity contribution in [3.8, 4) is 0 Å². The van der Waals surface area contributed by atoms with Crippen LogP contribution in [0.4, 0.5) is 13.2 Å². The number of benzene rings is 1. The van der Waals surface area contributed by atoms with Crippen LogP contribution in [0.25, 0.3) is 10.9 Å². The Bertz CT molecular complexity index is 1010. The van der Waals surface area contributed by atoms with Gasteiger partial charge in [0.25, 0.3) is 5.91 Å². The summed E-state index contributed by atoms with van der Waals surface area (Å²) in [5.41, 5.74) is 4.79. The lowest BCUT2D eigenvalue weighted by Crippen LogP contribution is -2.37. The van der Waals surface area contributed by atoms with E-state index >= 15 is 0 Å². The van der Waals surface area contributed by atoms with Crippen LogP contribution in [0.15, 0.2) is 30.9 Å². The van der Waals surface area contributed by atoms with Crippen molar-refractivity contribution in [2.45, 2.75) is 45.5 Å². The van der Waals surface area contributed by atoms with Crippen molar-refractivity contribution in [2.75, 3.05) is 19.6 Å². The zero-order chi connectivity index (χ0) is 23.5. The molecule has 2 N–H and O–H groups in total. The van der Waals surface area contributed by atoms with Crippen LogP contribution >= 0.6 is 0 Å². The number of aliphatic carboxylic acids is 1. The van der Waals surface area contributed by atoms with Crippen molar-refractivity contribution in [1.82, 2.24) is 14.8 Å². The maximum Gasteiger partial charge on any atom is 0.490 e. The van der Waals surface area contributed by atoms with Gasteiger partial charge in [-0.3, -0.25) is 4.79 Å². The van der Waals surface area contributed by atoms with Gasteiger partial charge in [-0.2, -0.15) is 13.2 Å². The number of piperidine rings is 1. The van der Waals surface area contributed by atoms with Gasteiger partial charge in [0.15, 0.2) is 0 Å². The lowest BCUT2D eigenvalue weighted by molar-refractivity contribution is -0.192. The average Bonchev–Trinajstić information content (AvgIpc) is 3.07. The zero-order valence-electron chi connectivity index (χ0n) is 18.0. The van der Waals surface area contributed by atoms with Crippen molar-refractivity contribution in [3.05, 3.63) is 47.7 Å². The zero-order valence-corrected chi connectivity index (χ0v) is 18.0. The van der Waals surface area contributed by atoms with Crippen LogP contribution in [0.1, 0.15) is 41.4 Å². The molecule has 4 rings (SSSR count). The maximum atomic E-state index is 12.9. The Morgan fingerprint density at radius 2 is 1.94 bits per heavy atom. The molecule has 0 unspecified atom stereocenters. The van der Waals surface area contributed by atoms with Gasteiger partial charge in [0.05, 0.1) is 0 Å². The maximum absolute atomic E-state index is 12.9. The second-order valence-corrected chi connectivity index (χ2v) is 8.26. The first-order valence-corrected chi connectivity index (χ1v) is 10.7. The molecule has 1 amide bonds. The van der Waals surface area contributed by atoms with Gasteiger partial charge in [-0.25, -0.2) is 4.79 Å². The predicted octanol–water partition coefficient (Wildman–Crippen LogP) is 3.98. The summed E-state index contributed by atoms with van der Waals surface area (Å²) in [5.74, 6) is -1.84. The number of hydrogen-bond donors (Lipinski definition) is 2. The number of alkyl halides is 3. The molecule has 1 aromatic heterocycles. The SMILES string of the molecule is C=CCn1c2c(c3cc(C(=O)N4CCC(C)CC4)ccc31)CNCC2.O=C(O)C(F)(F)F. The molecule has 1 aromatic carbocycles. The number of fused-ring (bicyclic) bond motifs is 3. The minimum Gasteiger partial charge on any atom is -0.475 e. The van der Waals surface area contributed by atoms with E-state index in [-0.39, 0.29) is 5.91 Å². The Hall–Kier alpha value is -2.81. The third-order valence-corrected chi connectivity index (χ3v) is 6.00. The molecule has 6 nitrogen and oxygen atoms in total. The van der Waals surface area contributed by atoms with Crippen LogP contribution in [-0.2, 0) is 24.3 Å². The Morgan fingerprint density at radius 3 is 2.53 bits per heavy atom. The first-order valence-electron chi connectivity index (χ1n) is 10.7. The number of amides is 1. The van der Waals surface area contributed by atoms with Crippen molar-refractivity contribution in [1.29, 1.82) is 0 Å². The summed E-state index contributed by atoms with van der Waals surface area (Å²) in [5, 5.41) is 11.8. The van der Waals surface area contributed by atoms with E-state index < -0.39 is 12.1 Å². The molecule has 2 aromatic rings. The molecule has 0 aliphatic carbocycles. The topological polar surface area (TPSA) is 74.6 Å². The molecule has 0 saturated carbocycles. The standard InChI is InChI=1S/C21H27N3O.C2HF3O2/c1-3-10-24-19-5-4-16(21(25)23-11-7-15(2)8-12-23)13-17(19)18-14-22-9-6-20(18)24;3-2(4,5)1(6)7/h3-5,13,15,22H,1,6-12,14H2,2H3;(H,6,7). The van der Waals surface area contributed by atoms with Gasteiger partial charge in [0.2, 0.25) is 0 Å². The van der Waals surface area contributed by atoms with Crippen LogP contribution in [0, 0.1) is 5.92 Å². The van der Waals surface area contributed by atoms with Crippen LogP contribution in [-0.4, -0.2) is 52.3 Å². The predicted molar refractivity (Wildman–Crippen MR) is 116 cm³/mol. The Labute approximate surface area is 184 Å². The molecule has 3 heterocycles. The van der Waals surface area contributed by atoms with Crippen molar-refractivity contribution >= 4 is 22.8 Å². The minimum atomic E-state index is -5.08. The van der Waals surface area contributed by atoms with E-state index in [2.05, 4.69) is 35.5 Å². The number of nitrogens with zero attached hydrogens (tertiary/aromatic N) is 2. The fourth-order valence-electron chi connectivity index (χ4n) is 4.25. The van der Waals surface area contributed by atoms with Crippen LogP contribution in [0.3, 0.4) is 0 Å². The molecular formula is C23H28F3N3O3. The van der Waals surface area contributed by atoms with E-state index in [0.29, 0.717) is 0 Å². The summed E-state index contributed by atoms with van der Waals surface area (Å²) >= 11 is 0. The fourth-order valence-corrected chi connectivity index (χ4v) is 4.25. The van der Waals surface area contributed by atoms with Crippen LogP contribution in [0.5, 0.6) is 0 Å². The van der Waals surface area contributed by atoms with Crippen molar-refractivity contribution in [2.24, 2.45) is 5.92 Å².